The van der Waals surface area contributed by atoms with Gasteiger partial charge in [0.2, 0.25) is 0 Å². The maximum absolute atomic E-state index is 6.09. The highest BCUT2D eigenvalue weighted by atomic mass is 127. The first-order valence-electron chi connectivity index (χ1n) is 5.58. The van der Waals surface area contributed by atoms with Gasteiger partial charge in [-0.2, -0.15) is 0 Å². The maximum Gasteiger partial charge on any atom is 0.0130 e. The zero-order chi connectivity index (χ0) is 11.3. The van der Waals surface area contributed by atoms with Crippen LogP contribution in [0.5, 0.6) is 0 Å². The van der Waals surface area contributed by atoms with E-state index in [1.165, 1.54) is 15.6 Å². The first-order chi connectivity index (χ1) is 7.08. The Morgan fingerprint density at radius 1 is 1.13 bits per heavy atom. The second-order valence-electron chi connectivity index (χ2n) is 4.56. The second-order valence-corrected chi connectivity index (χ2v) is 5.81. The van der Waals surface area contributed by atoms with Crippen LogP contribution in [0.4, 0.5) is 0 Å². The molecule has 0 amide bonds. The van der Waals surface area contributed by atoms with E-state index in [2.05, 4.69) is 60.7 Å². The molecule has 0 heterocycles. The molecule has 84 valence electrons. The molecule has 15 heavy (non-hydrogen) atoms. The highest BCUT2D eigenvalue weighted by Crippen LogP contribution is 2.12. The van der Waals surface area contributed by atoms with Gasteiger partial charge in [0.25, 0.3) is 0 Å². The predicted octanol–water partition coefficient (Wildman–Crippen LogP) is 3.60. The van der Waals surface area contributed by atoms with Crippen LogP contribution in [0.25, 0.3) is 0 Å². The van der Waals surface area contributed by atoms with Crippen LogP contribution in [0, 0.1) is 9.49 Å². The summed E-state index contributed by atoms with van der Waals surface area (Å²) in [4.78, 5) is 0. The lowest BCUT2D eigenvalue weighted by molar-refractivity contribution is 0.495. The molecule has 0 saturated carbocycles. The highest BCUT2D eigenvalue weighted by Gasteiger charge is 2.05. The third-order valence-corrected chi connectivity index (χ3v) is 3.25. The van der Waals surface area contributed by atoms with Gasteiger partial charge in [-0.05, 0) is 65.5 Å². The van der Waals surface area contributed by atoms with Gasteiger partial charge in [-0.15, -0.1) is 0 Å². The van der Waals surface area contributed by atoms with Gasteiger partial charge in [-0.25, -0.2) is 0 Å². The molecule has 1 atom stereocenters. The largest absolute Gasteiger partial charge is 0.327 e. The van der Waals surface area contributed by atoms with Crippen molar-refractivity contribution in [1.82, 2.24) is 0 Å². The van der Waals surface area contributed by atoms with Gasteiger partial charge in [-0.1, -0.05) is 26.0 Å². The first-order valence-corrected chi connectivity index (χ1v) is 6.66. The number of hydrogen-bond donors (Lipinski definition) is 1. The SMILES string of the molecule is CC(C)CCC(N)Cc1ccc(I)cc1. The summed E-state index contributed by atoms with van der Waals surface area (Å²) in [6, 6.07) is 8.96. The minimum Gasteiger partial charge on any atom is -0.327 e. The fourth-order valence-corrected chi connectivity index (χ4v) is 1.93. The third kappa shape index (κ3) is 5.52. The Hall–Kier alpha value is -0.0900. The molecule has 2 heteroatoms. The van der Waals surface area contributed by atoms with Gasteiger partial charge in [0.05, 0.1) is 0 Å². The van der Waals surface area contributed by atoms with Crippen molar-refractivity contribution < 1.29 is 0 Å². The van der Waals surface area contributed by atoms with Crippen LogP contribution in [0.15, 0.2) is 24.3 Å². The third-order valence-electron chi connectivity index (χ3n) is 2.53. The molecule has 1 aromatic rings. The fourth-order valence-electron chi connectivity index (χ4n) is 1.57. The van der Waals surface area contributed by atoms with E-state index in [4.69, 9.17) is 5.73 Å². The Morgan fingerprint density at radius 2 is 1.73 bits per heavy atom. The molecule has 0 aromatic heterocycles. The monoisotopic (exact) mass is 317 g/mol. The van der Waals surface area contributed by atoms with Crippen LogP contribution in [0.1, 0.15) is 32.3 Å². The summed E-state index contributed by atoms with van der Waals surface area (Å²) in [6.45, 7) is 4.50. The summed E-state index contributed by atoms with van der Waals surface area (Å²) in [5.41, 5.74) is 7.44. The van der Waals surface area contributed by atoms with Crippen LogP contribution in [0.2, 0.25) is 0 Å². The van der Waals surface area contributed by atoms with Crippen LogP contribution in [-0.2, 0) is 6.42 Å². The summed E-state index contributed by atoms with van der Waals surface area (Å²) in [7, 11) is 0. The van der Waals surface area contributed by atoms with E-state index < -0.39 is 0 Å². The number of halogens is 1. The van der Waals surface area contributed by atoms with Crippen molar-refractivity contribution in [1.29, 1.82) is 0 Å². The summed E-state index contributed by atoms with van der Waals surface area (Å²) >= 11 is 2.32. The Morgan fingerprint density at radius 3 is 2.27 bits per heavy atom. The Labute approximate surface area is 107 Å². The molecule has 0 aliphatic heterocycles. The fraction of sp³-hybridized carbons (Fsp3) is 0.538. The van der Waals surface area contributed by atoms with Crippen molar-refractivity contribution in [3.05, 3.63) is 33.4 Å². The smallest absolute Gasteiger partial charge is 0.0130 e. The van der Waals surface area contributed by atoms with Crippen LogP contribution in [-0.4, -0.2) is 6.04 Å². The van der Waals surface area contributed by atoms with Crippen LogP contribution in [0.3, 0.4) is 0 Å². The van der Waals surface area contributed by atoms with E-state index in [1.54, 1.807) is 0 Å². The van der Waals surface area contributed by atoms with E-state index in [1.807, 2.05) is 0 Å². The molecule has 1 aromatic carbocycles. The molecule has 1 unspecified atom stereocenters. The van der Waals surface area contributed by atoms with Crippen molar-refractivity contribution in [2.75, 3.05) is 0 Å². The zero-order valence-electron chi connectivity index (χ0n) is 9.54. The Bertz CT molecular complexity index is 279. The summed E-state index contributed by atoms with van der Waals surface area (Å²) in [5.74, 6) is 0.757. The lowest BCUT2D eigenvalue weighted by atomic mass is 9.99. The molecule has 1 nitrogen and oxygen atoms in total. The standard InChI is InChI=1S/C13H20IN/c1-10(2)3-8-13(15)9-11-4-6-12(14)7-5-11/h4-7,10,13H,3,8-9,15H2,1-2H3. The zero-order valence-corrected chi connectivity index (χ0v) is 11.7. The van der Waals surface area contributed by atoms with E-state index in [0.717, 1.165) is 18.8 Å². The highest BCUT2D eigenvalue weighted by molar-refractivity contribution is 14.1. The van der Waals surface area contributed by atoms with Crippen molar-refractivity contribution in [3.63, 3.8) is 0 Å². The Kier molecular flexibility index (Phi) is 5.61. The van der Waals surface area contributed by atoms with E-state index in [-0.39, 0.29) is 0 Å². The normalized spacial score (nSPS) is 13.1. The van der Waals surface area contributed by atoms with E-state index in [9.17, 15) is 0 Å². The average molecular weight is 317 g/mol. The molecular weight excluding hydrogens is 297 g/mol. The van der Waals surface area contributed by atoms with E-state index >= 15 is 0 Å². The van der Waals surface area contributed by atoms with Gasteiger partial charge < -0.3 is 5.73 Å². The topological polar surface area (TPSA) is 26.0 Å². The van der Waals surface area contributed by atoms with Crippen molar-refractivity contribution >= 4 is 22.6 Å². The van der Waals surface area contributed by atoms with Crippen molar-refractivity contribution in [3.8, 4) is 0 Å². The van der Waals surface area contributed by atoms with Gasteiger partial charge in [0.15, 0.2) is 0 Å². The molecule has 0 radical (unpaired) electrons. The average Bonchev–Trinajstić information content (AvgIpc) is 2.19. The minimum atomic E-state index is 0.312. The molecule has 0 aliphatic rings. The lowest BCUT2D eigenvalue weighted by Gasteiger charge is -2.13. The Balaban J connectivity index is 2.37. The molecular formula is C13H20IN. The lowest BCUT2D eigenvalue weighted by Crippen LogP contribution is -2.23. The quantitative estimate of drug-likeness (QED) is 0.825. The van der Waals surface area contributed by atoms with Crippen molar-refractivity contribution in [2.45, 2.75) is 39.2 Å². The molecule has 0 aliphatic carbocycles. The summed E-state index contributed by atoms with van der Waals surface area (Å²) in [6.07, 6.45) is 3.36. The van der Waals surface area contributed by atoms with Gasteiger partial charge in [0.1, 0.15) is 0 Å². The molecule has 0 bridgehead atoms. The van der Waals surface area contributed by atoms with Crippen molar-refractivity contribution in [2.24, 2.45) is 11.7 Å². The number of hydrogen-bond acceptors (Lipinski definition) is 1. The van der Waals surface area contributed by atoms with Crippen LogP contribution < -0.4 is 5.73 Å². The predicted molar refractivity (Wildman–Crippen MR) is 74.9 cm³/mol. The minimum absolute atomic E-state index is 0.312. The van der Waals surface area contributed by atoms with Gasteiger partial charge in [0, 0.05) is 9.61 Å². The molecule has 0 fully saturated rings. The van der Waals surface area contributed by atoms with Gasteiger partial charge >= 0.3 is 0 Å². The first kappa shape index (κ1) is 13.0. The van der Waals surface area contributed by atoms with E-state index in [0.29, 0.717) is 6.04 Å². The second kappa shape index (κ2) is 6.48. The number of nitrogens with two attached hydrogens (primary N) is 1. The maximum atomic E-state index is 6.09. The summed E-state index contributed by atoms with van der Waals surface area (Å²) in [5, 5.41) is 0. The summed E-state index contributed by atoms with van der Waals surface area (Å²) < 4.78 is 1.28. The molecule has 1 rings (SSSR count). The van der Waals surface area contributed by atoms with Gasteiger partial charge in [-0.3, -0.25) is 0 Å². The molecule has 0 spiro atoms. The number of rotatable bonds is 5. The number of benzene rings is 1. The van der Waals surface area contributed by atoms with Crippen LogP contribution >= 0.6 is 22.6 Å². The molecule has 2 N–H and O–H groups in total. The molecule has 0 saturated heterocycles.